The van der Waals surface area contributed by atoms with E-state index in [1.165, 1.54) is 0 Å². The van der Waals surface area contributed by atoms with Gasteiger partial charge in [0, 0.05) is 55.3 Å². The molecule has 3 aliphatic rings. The van der Waals surface area contributed by atoms with Crippen molar-refractivity contribution in [2.24, 2.45) is 5.92 Å². The summed E-state index contributed by atoms with van der Waals surface area (Å²) in [6, 6.07) is 12.3. The van der Waals surface area contributed by atoms with Gasteiger partial charge in [-0.1, -0.05) is 0 Å². The zero-order valence-corrected chi connectivity index (χ0v) is 20.4. The van der Waals surface area contributed by atoms with E-state index in [0.29, 0.717) is 54.8 Å². The van der Waals surface area contributed by atoms with E-state index in [9.17, 15) is 14.4 Å². The Bertz CT molecular complexity index is 1440. The van der Waals surface area contributed by atoms with Crippen LogP contribution in [0, 0.1) is 5.92 Å². The minimum Gasteiger partial charge on any atom is -0.482 e. The van der Waals surface area contributed by atoms with Crippen LogP contribution in [-0.4, -0.2) is 72.5 Å². The molecule has 0 bridgehead atoms. The number of likely N-dealkylation sites (tertiary alicyclic amines) is 1. The maximum absolute atomic E-state index is 12.9. The SMILES string of the molecule is COc1ccc2ccc(=O)n(CCN3CC[C@@H]4CN(c5ccc6c(c5)NC(=O)CO6)C(=O)OC4C3)c2n1. The van der Waals surface area contributed by atoms with Crippen LogP contribution in [0.4, 0.5) is 16.2 Å². The molecule has 2 atom stereocenters. The fourth-order valence-corrected chi connectivity index (χ4v) is 5.24. The van der Waals surface area contributed by atoms with Gasteiger partial charge in [-0.2, -0.15) is 4.98 Å². The van der Waals surface area contributed by atoms with Crippen LogP contribution in [0.15, 0.2) is 47.3 Å². The smallest absolute Gasteiger partial charge is 0.414 e. The Hall–Kier alpha value is -4.12. The molecule has 192 valence electrons. The number of rotatable bonds is 5. The zero-order valence-electron chi connectivity index (χ0n) is 20.4. The first kappa shape index (κ1) is 23.3. The van der Waals surface area contributed by atoms with Crippen molar-refractivity contribution in [3.8, 4) is 11.6 Å². The van der Waals surface area contributed by atoms with E-state index < -0.39 is 6.09 Å². The topological polar surface area (TPSA) is 115 Å². The summed E-state index contributed by atoms with van der Waals surface area (Å²) in [5.74, 6) is 1.00. The molecule has 3 aliphatic heterocycles. The molecule has 2 aromatic heterocycles. The number of anilines is 2. The number of ether oxygens (including phenoxy) is 3. The summed E-state index contributed by atoms with van der Waals surface area (Å²) in [7, 11) is 1.55. The Kier molecular flexibility index (Phi) is 5.91. The summed E-state index contributed by atoms with van der Waals surface area (Å²) < 4.78 is 18.2. The van der Waals surface area contributed by atoms with E-state index in [4.69, 9.17) is 14.2 Å². The van der Waals surface area contributed by atoms with Crippen LogP contribution in [0.5, 0.6) is 11.6 Å². The number of hydrogen-bond donors (Lipinski definition) is 1. The molecule has 0 saturated carbocycles. The Morgan fingerprint density at radius 3 is 2.81 bits per heavy atom. The van der Waals surface area contributed by atoms with Crippen LogP contribution in [0.1, 0.15) is 6.42 Å². The van der Waals surface area contributed by atoms with Crippen molar-refractivity contribution in [2.45, 2.75) is 19.1 Å². The van der Waals surface area contributed by atoms with Crippen molar-refractivity contribution in [2.75, 3.05) is 50.1 Å². The van der Waals surface area contributed by atoms with Gasteiger partial charge in [-0.25, -0.2) is 4.79 Å². The predicted molar refractivity (Wildman–Crippen MR) is 135 cm³/mol. The monoisotopic (exact) mass is 505 g/mol. The summed E-state index contributed by atoms with van der Waals surface area (Å²) in [6.07, 6.45) is 0.226. The van der Waals surface area contributed by atoms with Crippen molar-refractivity contribution >= 4 is 34.4 Å². The first-order valence-corrected chi connectivity index (χ1v) is 12.3. The average Bonchev–Trinajstić information content (AvgIpc) is 2.91. The molecule has 11 nitrogen and oxygen atoms in total. The summed E-state index contributed by atoms with van der Waals surface area (Å²) in [4.78, 5) is 45.5. The van der Waals surface area contributed by atoms with Crippen LogP contribution in [0.2, 0.25) is 0 Å². The summed E-state index contributed by atoms with van der Waals surface area (Å²) in [5.41, 5.74) is 1.69. The lowest BCUT2D eigenvalue weighted by atomic mass is 9.91. The number of pyridine rings is 2. The number of fused-ring (bicyclic) bond motifs is 3. The summed E-state index contributed by atoms with van der Waals surface area (Å²) in [5, 5.41) is 3.65. The predicted octanol–water partition coefficient (Wildman–Crippen LogP) is 2.08. The standard InChI is InChI=1S/C26H27N5O6/c1-35-23-6-2-16-3-7-24(33)30(25(16)28-23)11-10-29-9-8-17-13-31(26(34)37-21(17)14-29)18-4-5-20-19(12-18)27-22(32)15-36-20/h2-7,12,17,21H,8-11,13-15H2,1H3,(H,27,32)/t17-,21?/m1/s1. The van der Waals surface area contributed by atoms with E-state index in [1.807, 2.05) is 6.07 Å². The lowest BCUT2D eigenvalue weighted by Crippen LogP contribution is -2.56. The highest BCUT2D eigenvalue weighted by molar-refractivity contribution is 5.97. The van der Waals surface area contributed by atoms with Gasteiger partial charge in [-0.05, 0) is 43.3 Å². The molecule has 3 aromatic rings. The largest absolute Gasteiger partial charge is 0.482 e. The Balaban J connectivity index is 1.12. The van der Waals surface area contributed by atoms with Gasteiger partial charge in [0.1, 0.15) is 17.5 Å². The second-order valence-corrected chi connectivity index (χ2v) is 9.49. The van der Waals surface area contributed by atoms with Crippen LogP contribution in [0.25, 0.3) is 11.0 Å². The van der Waals surface area contributed by atoms with Gasteiger partial charge in [0.15, 0.2) is 6.61 Å². The molecule has 11 heteroatoms. The number of methoxy groups -OCH3 is 1. The van der Waals surface area contributed by atoms with E-state index in [2.05, 4.69) is 15.2 Å². The third kappa shape index (κ3) is 4.46. The number of carbonyl (C=O) groups excluding carboxylic acids is 2. The highest BCUT2D eigenvalue weighted by atomic mass is 16.6. The van der Waals surface area contributed by atoms with Gasteiger partial charge in [0.25, 0.3) is 11.5 Å². The molecule has 37 heavy (non-hydrogen) atoms. The molecule has 0 radical (unpaired) electrons. The molecular formula is C26H27N5O6. The second kappa shape index (κ2) is 9.40. The number of aromatic nitrogens is 2. The number of piperidine rings is 1. The van der Waals surface area contributed by atoms with Gasteiger partial charge in [-0.3, -0.25) is 24.0 Å². The van der Waals surface area contributed by atoms with Crippen LogP contribution < -0.4 is 25.2 Å². The minimum atomic E-state index is -0.410. The van der Waals surface area contributed by atoms with Crippen LogP contribution >= 0.6 is 0 Å². The molecule has 1 unspecified atom stereocenters. The number of amides is 2. The van der Waals surface area contributed by atoms with E-state index in [-0.39, 0.29) is 30.1 Å². The van der Waals surface area contributed by atoms with Crippen molar-refractivity contribution in [3.05, 3.63) is 52.8 Å². The summed E-state index contributed by atoms with van der Waals surface area (Å²) in [6.45, 7) is 3.06. The van der Waals surface area contributed by atoms with E-state index >= 15 is 0 Å². The number of carbonyl (C=O) groups is 2. The van der Waals surface area contributed by atoms with Gasteiger partial charge < -0.3 is 19.5 Å². The Morgan fingerprint density at radius 1 is 1.08 bits per heavy atom. The molecule has 5 heterocycles. The van der Waals surface area contributed by atoms with Crippen molar-refractivity contribution in [1.82, 2.24) is 14.5 Å². The minimum absolute atomic E-state index is 0.0157. The average molecular weight is 506 g/mol. The van der Waals surface area contributed by atoms with Gasteiger partial charge in [0.2, 0.25) is 5.88 Å². The number of benzene rings is 1. The third-order valence-electron chi connectivity index (χ3n) is 7.23. The first-order chi connectivity index (χ1) is 18.0. The van der Waals surface area contributed by atoms with Gasteiger partial charge in [-0.15, -0.1) is 0 Å². The van der Waals surface area contributed by atoms with Gasteiger partial charge >= 0.3 is 6.09 Å². The molecule has 2 fully saturated rings. The lowest BCUT2D eigenvalue weighted by Gasteiger charge is -2.44. The van der Waals surface area contributed by atoms with Gasteiger partial charge in [0.05, 0.1) is 12.8 Å². The summed E-state index contributed by atoms with van der Waals surface area (Å²) >= 11 is 0. The van der Waals surface area contributed by atoms with Crippen molar-refractivity contribution in [1.29, 1.82) is 0 Å². The molecule has 1 aromatic carbocycles. The molecule has 6 rings (SSSR count). The quantitative estimate of drug-likeness (QED) is 0.561. The number of nitrogens with zero attached hydrogens (tertiary/aromatic N) is 4. The Morgan fingerprint density at radius 2 is 1.95 bits per heavy atom. The maximum Gasteiger partial charge on any atom is 0.414 e. The Labute approximate surface area is 212 Å². The fraction of sp³-hybridized carbons (Fsp3) is 0.385. The maximum atomic E-state index is 12.9. The third-order valence-corrected chi connectivity index (χ3v) is 7.23. The van der Waals surface area contributed by atoms with E-state index in [1.54, 1.807) is 53.0 Å². The molecule has 0 aliphatic carbocycles. The van der Waals surface area contributed by atoms with E-state index in [0.717, 1.165) is 18.4 Å². The van der Waals surface area contributed by atoms with Crippen LogP contribution in [0.3, 0.4) is 0 Å². The second-order valence-electron chi connectivity index (χ2n) is 9.49. The molecular weight excluding hydrogens is 478 g/mol. The first-order valence-electron chi connectivity index (χ1n) is 12.3. The highest BCUT2D eigenvalue weighted by Crippen LogP contribution is 2.35. The normalized spacial score (nSPS) is 21.5. The van der Waals surface area contributed by atoms with Crippen molar-refractivity contribution < 1.29 is 23.8 Å². The van der Waals surface area contributed by atoms with Crippen LogP contribution in [-0.2, 0) is 16.1 Å². The fourth-order valence-electron chi connectivity index (χ4n) is 5.24. The van der Waals surface area contributed by atoms with Crippen molar-refractivity contribution in [3.63, 3.8) is 0 Å². The molecule has 2 saturated heterocycles. The lowest BCUT2D eigenvalue weighted by molar-refractivity contribution is -0.118. The molecule has 0 spiro atoms. The zero-order chi connectivity index (χ0) is 25.5. The highest BCUT2D eigenvalue weighted by Gasteiger charge is 2.40. The number of nitrogens with one attached hydrogen (secondary N) is 1. The molecule has 2 amide bonds. The molecule has 1 N–H and O–H groups in total. The number of hydrogen-bond acceptors (Lipinski definition) is 8.